The number of halogens is 2. The van der Waals surface area contributed by atoms with Gasteiger partial charge in [0.1, 0.15) is 11.6 Å². The molecule has 1 aliphatic carbocycles. The lowest BCUT2D eigenvalue weighted by Gasteiger charge is -2.46. The molecule has 1 saturated carbocycles. The normalized spacial score (nSPS) is 23.1. The number of hydrogen-bond acceptors (Lipinski definition) is 2. The highest BCUT2D eigenvalue weighted by molar-refractivity contribution is 5.19. The number of nitrogens with zero attached hydrogens (tertiary/aromatic N) is 1. The van der Waals surface area contributed by atoms with Gasteiger partial charge in [0.2, 0.25) is 0 Å². The zero-order valence-electron chi connectivity index (χ0n) is 11.8. The number of benzene rings is 1. The molecule has 1 aromatic rings. The Morgan fingerprint density at radius 1 is 1.15 bits per heavy atom. The van der Waals surface area contributed by atoms with Crippen molar-refractivity contribution in [2.24, 2.45) is 0 Å². The Labute approximate surface area is 119 Å². The minimum absolute atomic E-state index is 0.209. The van der Waals surface area contributed by atoms with Gasteiger partial charge in [-0.25, -0.2) is 8.78 Å². The van der Waals surface area contributed by atoms with Gasteiger partial charge < -0.3 is 5.32 Å². The summed E-state index contributed by atoms with van der Waals surface area (Å²) < 4.78 is 27.0. The fourth-order valence-corrected chi connectivity index (χ4v) is 3.65. The molecule has 4 heteroatoms. The smallest absolute Gasteiger partial charge is 0.127 e. The van der Waals surface area contributed by atoms with Gasteiger partial charge in [0.25, 0.3) is 0 Å². The van der Waals surface area contributed by atoms with Crippen LogP contribution < -0.4 is 5.32 Å². The SMILES string of the molecule is Fc1ccc(F)c(CN2CCNC3(CCCCC3)C2)c1. The van der Waals surface area contributed by atoms with Crippen LogP contribution in [-0.4, -0.2) is 30.1 Å². The van der Waals surface area contributed by atoms with Crippen LogP contribution in [0.2, 0.25) is 0 Å². The van der Waals surface area contributed by atoms with E-state index in [4.69, 9.17) is 0 Å². The summed E-state index contributed by atoms with van der Waals surface area (Å²) in [6.45, 7) is 3.30. The first-order valence-corrected chi connectivity index (χ1v) is 7.58. The average molecular weight is 280 g/mol. The fourth-order valence-electron chi connectivity index (χ4n) is 3.65. The van der Waals surface area contributed by atoms with E-state index in [1.807, 2.05) is 0 Å². The Morgan fingerprint density at radius 3 is 2.75 bits per heavy atom. The molecular weight excluding hydrogens is 258 g/mol. The molecule has 2 aliphatic rings. The molecule has 0 bridgehead atoms. The van der Waals surface area contributed by atoms with Crippen molar-refractivity contribution in [2.45, 2.75) is 44.2 Å². The van der Waals surface area contributed by atoms with Gasteiger partial charge in [-0.05, 0) is 31.0 Å². The first-order valence-electron chi connectivity index (χ1n) is 7.58. The molecule has 0 atom stereocenters. The maximum absolute atomic E-state index is 13.7. The van der Waals surface area contributed by atoms with Crippen molar-refractivity contribution < 1.29 is 8.78 Å². The molecule has 1 spiro atoms. The van der Waals surface area contributed by atoms with E-state index in [1.165, 1.54) is 50.3 Å². The van der Waals surface area contributed by atoms with Gasteiger partial charge in [0.05, 0.1) is 0 Å². The molecule has 1 aromatic carbocycles. The van der Waals surface area contributed by atoms with Gasteiger partial charge in [0, 0.05) is 37.3 Å². The number of hydrogen-bond donors (Lipinski definition) is 1. The van der Waals surface area contributed by atoms with Gasteiger partial charge in [-0.3, -0.25) is 4.90 Å². The largest absolute Gasteiger partial charge is 0.309 e. The van der Waals surface area contributed by atoms with Gasteiger partial charge in [0.15, 0.2) is 0 Å². The maximum atomic E-state index is 13.7. The van der Waals surface area contributed by atoms with E-state index < -0.39 is 0 Å². The topological polar surface area (TPSA) is 15.3 Å². The van der Waals surface area contributed by atoms with Crippen LogP contribution in [0.5, 0.6) is 0 Å². The summed E-state index contributed by atoms with van der Waals surface area (Å²) >= 11 is 0. The van der Waals surface area contributed by atoms with Crippen molar-refractivity contribution in [3.8, 4) is 0 Å². The molecule has 1 saturated heterocycles. The second-order valence-electron chi connectivity index (χ2n) is 6.21. The molecule has 3 rings (SSSR count). The second-order valence-corrected chi connectivity index (χ2v) is 6.21. The Morgan fingerprint density at radius 2 is 1.95 bits per heavy atom. The van der Waals surface area contributed by atoms with Crippen molar-refractivity contribution in [3.63, 3.8) is 0 Å². The standard InChI is InChI=1S/C16H22F2N2/c17-14-4-5-15(18)13(10-14)11-20-9-8-19-16(12-20)6-2-1-3-7-16/h4-5,10,19H,1-3,6-9,11-12H2. The summed E-state index contributed by atoms with van der Waals surface area (Å²) in [7, 11) is 0. The van der Waals surface area contributed by atoms with Crippen molar-refractivity contribution in [1.29, 1.82) is 0 Å². The molecule has 2 nitrogen and oxygen atoms in total. The van der Waals surface area contributed by atoms with Crippen molar-refractivity contribution >= 4 is 0 Å². The Kier molecular flexibility index (Phi) is 4.03. The third kappa shape index (κ3) is 3.01. The summed E-state index contributed by atoms with van der Waals surface area (Å²) in [6, 6.07) is 3.73. The molecule has 0 radical (unpaired) electrons. The monoisotopic (exact) mass is 280 g/mol. The first kappa shape index (κ1) is 14.0. The average Bonchev–Trinajstić information content (AvgIpc) is 2.44. The van der Waals surface area contributed by atoms with Crippen LogP contribution in [0.25, 0.3) is 0 Å². The summed E-state index contributed by atoms with van der Waals surface area (Å²) in [6.07, 6.45) is 6.27. The van der Waals surface area contributed by atoms with Gasteiger partial charge in [-0.1, -0.05) is 19.3 Å². The van der Waals surface area contributed by atoms with E-state index in [-0.39, 0.29) is 17.2 Å². The molecule has 110 valence electrons. The first-order chi connectivity index (χ1) is 9.67. The summed E-state index contributed by atoms with van der Waals surface area (Å²) in [4.78, 5) is 2.26. The zero-order chi connectivity index (χ0) is 14.0. The van der Waals surface area contributed by atoms with Crippen molar-refractivity contribution in [3.05, 3.63) is 35.4 Å². The predicted molar refractivity (Wildman–Crippen MR) is 75.5 cm³/mol. The van der Waals surface area contributed by atoms with Gasteiger partial charge >= 0.3 is 0 Å². The quantitative estimate of drug-likeness (QED) is 0.895. The Bertz CT molecular complexity index is 464. The van der Waals surface area contributed by atoms with Gasteiger partial charge in [-0.15, -0.1) is 0 Å². The van der Waals surface area contributed by atoms with Crippen molar-refractivity contribution in [2.75, 3.05) is 19.6 Å². The summed E-state index contributed by atoms with van der Waals surface area (Å²) in [5.74, 6) is -0.661. The molecule has 0 amide bonds. The second kappa shape index (κ2) is 5.78. The van der Waals surface area contributed by atoms with Crippen LogP contribution in [-0.2, 0) is 6.54 Å². The number of piperazine rings is 1. The van der Waals surface area contributed by atoms with Gasteiger partial charge in [-0.2, -0.15) is 0 Å². The Hall–Kier alpha value is -1.00. The van der Waals surface area contributed by atoms with E-state index >= 15 is 0 Å². The summed E-state index contributed by atoms with van der Waals surface area (Å²) in [5.41, 5.74) is 0.679. The molecule has 2 fully saturated rings. The summed E-state index contributed by atoms with van der Waals surface area (Å²) in [5, 5.41) is 3.67. The molecule has 1 N–H and O–H groups in total. The molecule has 1 heterocycles. The minimum atomic E-state index is -0.357. The third-order valence-electron chi connectivity index (χ3n) is 4.67. The molecule has 1 aliphatic heterocycles. The molecule has 0 aromatic heterocycles. The van der Waals surface area contributed by atoms with E-state index in [2.05, 4.69) is 10.2 Å². The highest BCUT2D eigenvalue weighted by atomic mass is 19.1. The molecule has 0 unspecified atom stereocenters. The van der Waals surface area contributed by atoms with Crippen molar-refractivity contribution in [1.82, 2.24) is 10.2 Å². The fraction of sp³-hybridized carbons (Fsp3) is 0.625. The maximum Gasteiger partial charge on any atom is 0.127 e. The van der Waals surface area contributed by atoms with Crippen LogP contribution in [0.1, 0.15) is 37.7 Å². The number of nitrogens with one attached hydrogen (secondary N) is 1. The lowest BCUT2D eigenvalue weighted by molar-refractivity contribution is 0.0936. The lowest BCUT2D eigenvalue weighted by atomic mass is 9.80. The van der Waals surface area contributed by atoms with E-state index in [0.717, 1.165) is 19.6 Å². The lowest BCUT2D eigenvalue weighted by Crippen LogP contribution is -2.60. The Balaban J connectivity index is 1.69. The predicted octanol–water partition coefficient (Wildman–Crippen LogP) is 3.07. The zero-order valence-corrected chi connectivity index (χ0v) is 11.8. The van der Waals surface area contributed by atoms with Crippen LogP contribution in [0.15, 0.2) is 18.2 Å². The third-order valence-corrected chi connectivity index (χ3v) is 4.67. The number of rotatable bonds is 2. The molecular formula is C16H22F2N2. The minimum Gasteiger partial charge on any atom is -0.309 e. The van der Waals surface area contributed by atoms with E-state index in [9.17, 15) is 8.78 Å². The highest BCUT2D eigenvalue weighted by Gasteiger charge is 2.36. The van der Waals surface area contributed by atoms with Crippen LogP contribution >= 0.6 is 0 Å². The highest BCUT2D eigenvalue weighted by Crippen LogP contribution is 2.31. The van der Waals surface area contributed by atoms with Crippen LogP contribution in [0.3, 0.4) is 0 Å². The molecule has 20 heavy (non-hydrogen) atoms. The van der Waals surface area contributed by atoms with Crippen LogP contribution in [0, 0.1) is 11.6 Å². The van der Waals surface area contributed by atoms with Crippen LogP contribution in [0.4, 0.5) is 8.78 Å². The van der Waals surface area contributed by atoms with E-state index in [0.29, 0.717) is 12.1 Å². The van der Waals surface area contributed by atoms with E-state index in [1.54, 1.807) is 0 Å².